The van der Waals surface area contributed by atoms with Crippen molar-refractivity contribution in [1.29, 1.82) is 0 Å². The first-order chi connectivity index (χ1) is 27.2. The van der Waals surface area contributed by atoms with Gasteiger partial charge in [0.25, 0.3) is 0 Å². The number of benzene rings is 8. The van der Waals surface area contributed by atoms with Crippen LogP contribution in [0.4, 0.5) is 0 Å². The van der Waals surface area contributed by atoms with E-state index in [4.69, 9.17) is 15.0 Å². The van der Waals surface area contributed by atoms with Crippen molar-refractivity contribution in [3.05, 3.63) is 200 Å². The molecule has 3 nitrogen and oxygen atoms in total. The first kappa shape index (κ1) is 32.6. The average Bonchev–Trinajstić information content (AvgIpc) is 3.67. The summed E-state index contributed by atoms with van der Waals surface area (Å²) in [7, 11) is 0. The maximum absolute atomic E-state index is 5.04. The highest BCUT2D eigenvalue weighted by Crippen LogP contribution is 2.44. The van der Waals surface area contributed by atoms with Crippen LogP contribution < -0.4 is 0 Å². The zero-order valence-electron chi connectivity index (χ0n) is 29.8. The fourth-order valence-electron chi connectivity index (χ4n) is 7.39. The Morgan fingerprint density at radius 3 is 1.20 bits per heavy atom. The fraction of sp³-hybridized carbons (Fsp3) is 0. The highest BCUT2D eigenvalue weighted by Gasteiger charge is 2.16. The first-order valence-corrected chi connectivity index (χ1v) is 19.3. The Morgan fingerprint density at radius 1 is 0.255 bits per heavy atom. The molecule has 2 aromatic heterocycles. The Labute approximate surface area is 323 Å². The number of fused-ring (bicyclic) bond motifs is 3. The third kappa shape index (κ3) is 6.29. The maximum atomic E-state index is 5.04. The Morgan fingerprint density at radius 2 is 0.618 bits per heavy atom. The summed E-state index contributed by atoms with van der Waals surface area (Å²) in [5.74, 6) is 1.93. The molecule has 0 bridgehead atoms. The largest absolute Gasteiger partial charge is 0.208 e. The quantitative estimate of drug-likeness (QED) is 0.165. The van der Waals surface area contributed by atoms with Crippen molar-refractivity contribution >= 4 is 31.5 Å². The Bertz CT molecular complexity index is 2950. The van der Waals surface area contributed by atoms with E-state index in [-0.39, 0.29) is 0 Å². The van der Waals surface area contributed by atoms with E-state index >= 15 is 0 Å². The summed E-state index contributed by atoms with van der Waals surface area (Å²) < 4.78 is 2.63. The number of hydrogen-bond acceptors (Lipinski definition) is 4. The lowest BCUT2D eigenvalue weighted by Crippen LogP contribution is -2.00. The molecule has 10 aromatic rings. The lowest BCUT2D eigenvalue weighted by atomic mass is 9.97. The van der Waals surface area contributed by atoms with Crippen LogP contribution in [0.5, 0.6) is 0 Å². The van der Waals surface area contributed by atoms with Crippen LogP contribution >= 0.6 is 11.3 Å². The van der Waals surface area contributed by atoms with Crippen molar-refractivity contribution in [3.63, 3.8) is 0 Å². The lowest BCUT2D eigenvalue weighted by Gasteiger charge is -2.11. The van der Waals surface area contributed by atoms with Crippen molar-refractivity contribution in [3.8, 4) is 78.7 Å². The lowest BCUT2D eigenvalue weighted by molar-refractivity contribution is 1.07. The zero-order valence-corrected chi connectivity index (χ0v) is 30.6. The van der Waals surface area contributed by atoms with Gasteiger partial charge < -0.3 is 0 Å². The van der Waals surface area contributed by atoms with E-state index in [0.29, 0.717) is 17.5 Å². The standard InChI is InChI=1S/C51H33N3S/c1-4-14-34(15-5-1)40-21-11-23-42(33-40)51-53-49(37-18-8-3-9-19-37)52-50(54-51)38-30-28-35(29-31-38)39-20-10-22-41(32-39)44-25-13-27-46-45-26-12-24-43(47(45)55-48(44)46)36-16-6-2-7-17-36/h1-33H. The molecule has 0 N–H and O–H groups in total. The molecule has 10 rings (SSSR count). The molecule has 0 atom stereocenters. The second-order valence-corrected chi connectivity index (χ2v) is 14.6. The van der Waals surface area contributed by atoms with Crippen molar-refractivity contribution in [1.82, 2.24) is 15.0 Å². The Hall–Kier alpha value is -7.01. The summed E-state index contributed by atoms with van der Waals surface area (Å²) in [6.45, 7) is 0. The highest BCUT2D eigenvalue weighted by molar-refractivity contribution is 7.26. The normalized spacial score (nSPS) is 11.3. The van der Waals surface area contributed by atoms with E-state index in [1.165, 1.54) is 42.4 Å². The van der Waals surface area contributed by atoms with Crippen LogP contribution in [0.15, 0.2) is 200 Å². The monoisotopic (exact) mass is 719 g/mol. The molecule has 0 unspecified atom stereocenters. The first-order valence-electron chi connectivity index (χ1n) is 18.4. The molecule has 0 radical (unpaired) electrons. The van der Waals surface area contributed by atoms with Crippen LogP contribution in [-0.2, 0) is 0 Å². The summed E-state index contributed by atoms with van der Waals surface area (Å²) in [6, 6.07) is 70.4. The SMILES string of the molecule is c1ccc(-c2cccc(-c3nc(-c4ccccc4)nc(-c4ccc(-c5cccc(-c6cccc7c6sc6c(-c8ccccc8)cccc67)c5)cc4)n3)c2)cc1. The molecule has 4 heteroatoms. The van der Waals surface area contributed by atoms with Gasteiger partial charge in [-0.3, -0.25) is 0 Å². The predicted octanol–water partition coefficient (Wildman–Crippen LogP) is 13.9. The smallest absolute Gasteiger partial charge is 0.164 e. The van der Waals surface area contributed by atoms with Crippen molar-refractivity contribution in [2.75, 3.05) is 0 Å². The molecule has 0 fully saturated rings. The van der Waals surface area contributed by atoms with Gasteiger partial charge in [-0.1, -0.05) is 188 Å². The molecule has 0 aliphatic rings. The number of hydrogen-bond donors (Lipinski definition) is 0. The fourth-order valence-corrected chi connectivity index (χ4v) is 8.76. The summed E-state index contributed by atoms with van der Waals surface area (Å²) in [4.78, 5) is 15.0. The number of thiophene rings is 1. The van der Waals surface area contributed by atoms with E-state index in [9.17, 15) is 0 Å². The molecule has 0 aliphatic heterocycles. The summed E-state index contributed by atoms with van der Waals surface area (Å²) in [5, 5.41) is 2.60. The van der Waals surface area contributed by atoms with Gasteiger partial charge >= 0.3 is 0 Å². The molecule has 0 saturated carbocycles. The van der Waals surface area contributed by atoms with Gasteiger partial charge in [-0.25, -0.2) is 15.0 Å². The zero-order chi connectivity index (χ0) is 36.6. The molecule has 55 heavy (non-hydrogen) atoms. The summed E-state index contributed by atoms with van der Waals surface area (Å²) in [5.41, 5.74) is 12.4. The van der Waals surface area contributed by atoms with Crippen LogP contribution in [0.1, 0.15) is 0 Å². The highest BCUT2D eigenvalue weighted by atomic mass is 32.1. The third-order valence-electron chi connectivity index (χ3n) is 10.2. The summed E-state index contributed by atoms with van der Waals surface area (Å²) >= 11 is 1.89. The molecule has 0 amide bonds. The van der Waals surface area contributed by atoms with Crippen LogP contribution in [0.25, 0.3) is 98.8 Å². The molecule has 2 heterocycles. The van der Waals surface area contributed by atoms with Gasteiger partial charge in [-0.15, -0.1) is 11.3 Å². The number of nitrogens with zero attached hydrogens (tertiary/aromatic N) is 3. The van der Waals surface area contributed by atoms with Gasteiger partial charge in [0.05, 0.1) is 0 Å². The second-order valence-electron chi connectivity index (χ2n) is 13.6. The maximum Gasteiger partial charge on any atom is 0.164 e. The van der Waals surface area contributed by atoms with Gasteiger partial charge in [0.15, 0.2) is 17.5 Å². The van der Waals surface area contributed by atoms with Crippen molar-refractivity contribution in [2.45, 2.75) is 0 Å². The number of aromatic nitrogens is 3. The van der Waals surface area contributed by atoms with Crippen LogP contribution in [0.3, 0.4) is 0 Å². The minimum Gasteiger partial charge on any atom is -0.208 e. The van der Waals surface area contributed by atoms with E-state index in [0.717, 1.165) is 38.9 Å². The van der Waals surface area contributed by atoms with E-state index < -0.39 is 0 Å². The minimum absolute atomic E-state index is 0.639. The molecule has 0 spiro atoms. The van der Waals surface area contributed by atoms with Gasteiger partial charge in [-0.2, -0.15) is 0 Å². The predicted molar refractivity (Wildman–Crippen MR) is 231 cm³/mol. The van der Waals surface area contributed by atoms with Gasteiger partial charge in [0, 0.05) is 36.9 Å². The Kier molecular flexibility index (Phi) is 8.36. The number of rotatable bonds is 7. The van der Waals surface area contributed by atoms with Crippen LogP contribution in [-0.4, -0.2) is 15.0 Å². The topological polar surface area (TPSA) is 38.7 Å². The third-order valence-corrected chi connectivity index (χ3v) is 11.4. The van der Waals surface area contributed by atoms with Gasteiger partial charge in [0.2, 0.25) is 0 Å². The molecule has 258 valence electrons. The molecular weight excluding hydrogens is 687 g/mol. The Balaban J connectivity index is 1.01. The minimum atomic E-state index is 0.639. The van der Waals surface area contributed by atoms with Gasteiger partial charge in [-0.05, 0) is 56.6 Å². The summed E-state index contributed by atoms with van der Waals surface area (Å²) in [6.07, 6.45) is 0. The molecule has 0 saturated heterocycles. The molecule has 8 aromatic carbocycles. The average molecular weight is 720 g/mol. The van der Waals surface area contributed by atoms with Crippen molar-refractivity contribution in [2.24, 2.45) is 0 Å². The van der Waals surface area contributed by atoms with E-state index in [1.54, 1.807) is 0 Å². The van der Waals surface area contributed by atoms with E-state index in [1.807, 2.05) is 47.7 Å². The van der Waals surface area contributed by atoms with Gasteiger partial charge in [0.1, 0.15) is 0 Å². The van der Waals surface area contributed by atoms with Crippen LogP contribution in [0, 0.1) is 0 Å². The van der Waals surface area contributed by atoms with E-state index in [2.05, 4.69) is 164 Å². The second kappa shape index (κ2) is 14.1. The van der Waals surface area contributed by atoms with Crippen molar-refractivity contribution < 1.29 is 0 Å². The molecule has 0 aliphatic carbocycles. The molecular formula is C51H33N3S. The van der Waals surface area contributed by atoms with Crippen LogP contribution in [0.2, 0.25) is 0 Å².